The van der Waals surface area contributed by atoms with Crippen LogP contribution in [-0.4, -0.2) is 22.5 Å². The molecule has 0 atom stereocenters. The average Bonchev–Trinajstić information content (AvgIpc) is 2.75. The number of nitro benzene ring substituents is 1. The maximum atomic E-state index is 11.5. The Labute approximate surface area is 107 Å². The Morgan fingerprint density at radius 1 is 1.56 bits per heavy atom. The second-order valence-electron chi connectivity index (χ2n) is 3.52. The third-order valence-corrected chi connectivity index (χ3v) is 2.73. The molecule has 0 spiro atoms. The van der Waals surface area contributed by atoms with Gasteiger partial charge < -0.3 is 9.72 Å². The molecule has 18 heavy (non-hydrogen) atoms. The van der Waals surface area contributed by atoms with Crippen LogP contribution < -0.4 is 0 Å². The van der Waals surface area contributed by atoms with Crippen molar-refractivity contribution in [2.45, 2.75) is 6.92 Å². The number of carbonyl (C=O) groups is 1. The molecule has 0 aliphatic carbocycles. The number of carbonyl (C=O) groups excluding carboxylic acids is 1. The number of nitrogens with one attached hydrogen (secondary N) is 1. The quantitative estimate of drug-likeness (QED) is 0.527. The molecule has 0 bridgehead atoms. The number of benzene rings is 1. The van der Waals surface area contributed by atoms with Gasteiger partial charge in [0.15, 0.2) is 0 Å². The summed E-state index contributed by atoms with van der Waals surface area (Å²) < 4.78 is 4.81. The van der Waals surface area contributed by atoms with Crippen molar-refractivity contribution in [2.24, 2.45) is 0 Å². The maximum Gasteiger partial charge on any atom is 0.354 e. The maximum absolute atomic E-state index is 11.5. The number of fused-ring (bicyclic) bond motifs is 1. The third-order valence-electron chi connectivity index (χ3n) is 2.41. The molecule has 2 rings (SSSR count). The number of rotatable bonds is 3. The number of H-pyrrole nitrogens is 1. The van der Waals surface area contributed by atoms with Crippen molar-refractivity contribution >= 4 is 34.2 Å². The van der Waals surface area contributed by atoms with Crippen LogP contribution in [0, 0.1) is 10.1 Å². The molecule has 2 aromatic rings. The Morgan fingerprint density at radius 2 is 2.28 bits per heavy atom. The fourth-order valence-corrected chi connectivity index (χ4v) is 1.86. The van der Waals surface area contributed by atoms with Gasteiger partial charge in [-0.25, -0.2) is 4.79 Å². The third kappa shape index (κ3) is 2.02. The number of hydrogen-bond donors (Lipinski definition) is 1. The zero-order valence-corrected chi connectivity index (χ0v) is 10.2. The number of halogens is 1. The lowest BCUT2D eigenvalue weighted by Crippen LogP contribution is -2.04. The molecule has 0 amide bonds. The molecular formula is C11H9ClN2O4. The van der Waals surface area contributed by atoms with Crippen LogP contribution in [0.3, 0.4) is 0 Å². The Bertz CT molecular complexity index is 635. The van der Waals surface area contributed by atoms with E-state index in [2.05, 4.69) is 4.98 Å². The molecule has 0 saturated heterocycles. The Hall–Kier alpha value is -2.08. The summed E-state index contributed by atoms with van der Waals surface area (Å²) in [7, 11) is 0. The van der Waals surface area contributed by atoms with Crippen LogP contribution in [0.5, 0.6) is 0 Å². The average molecular weight is 269 g/mol. The van der Waals surface area contributed by atoms with E-state index in [0.29, 0.717) is 10.5 Å². The number of nitrogens with zero attached hydrogens (tertiary/aromatic N) is 1. The van der Waals surface area contributed by atoms with E-state index in [0.717, 1.165) is 0 Å². The van der Waals surface area contributed by atoms with Crippen molar-refractivity contribution < 1.29 is 14.5 Å². The van der Waals surface area contributed by atoms with Gasteiger partial charge in [-0.15, -0.1) is 0 Å². The van der Waals surface area contributed by atoms with Crippen molar-refractivity contribution in [3.05, 3.63) is 39.0 Å². The predicted molar refractivity (Wildman–Crippen MR) is 65.9 cm³/mol. The van der Waals surface area contributed by atoms with Crippen LogP contribution in [0.1, 0.15) is 17.4 Å². The molecule has 0 unspecified atom stereocenters. The molecule has 0 aliphatic rings. The van der Waals surface area contributed by atoms with Gasteiger partial charge in [-0.1, -0.05) is 11.6 Å². The second-order valence-corrected chi connectivity index (χ2v) is 3.92. The first kappa shape index (κ1) is 12.4. The van der Waals surface area contributed by atoms with Crippen molar-refractivity contribution in [1.82, 2.24) is 4.98 Å². The van der Waals surface area contributed by atoms with E-state index < -0.39 is 10.9 Å². The number of hydrogen-bond acceptors (Lipinski definition) is 4. The number of aromatic nitrogens is 1. The van der Waals surface area contributed by atoms with E-state index >= 15 is 0 Å². The highest BCUT2D eigenvalue weighted by Gasteiger charge is 2.19. The summed E-state index contributed by atoms with van der Waals surface area (Å²) in [6.45, 7) is 1.90. The van der Waals surface area contributed by atoms with E-state index in [-0.39, 0.29) is 23.4 Å². The number of nitro groups is 1. The highest BCUT2D eigenvalue weighted by atomic mass is 35.5. The van der Waals surface area contributed by atoms with Crippen LogP contribution in [0.2, 0.25) is 5.02 Å². The first-order valence-corrected chi connectivity index (χ1v) is 5.55. The molecule has 0 fully saturated rings. The molecule has 1 aromatic carbocycles. The minimum Gasteiger partial charge on any atom is -0.461 e. The summed E-state index contributed by atoms with van der Waals surface area (Å²) in [5, 5.41) is 11.5. The monoisotopic (exact) mass is 268 g/mol. The van der Waals surface area contributed by atoms with Gasteiger partial charge in [0.25, 0.3) is 5.69 Å². The lowest BCUT2D eigenvalue weighted by molar-refractivity contribution is -0.383. The molecule has 1 aromatic heterocycles. The van der Waals surface area contributed by atoms with Crippen molar-refractivity contribution in [3.8, 4) is 0 Å². The molecule has 1 heterocycles. The van der Waals surface area contributed by atoms with Crippen molar-refractivity contribution in [1.29, 1.82) is 0 Å². The SMILES string of the molecule is CCOC(=O)c1cc2c([N+](=O)[O-])ccc(Cl)c2[nH]1. The van der Waals surface area contributed by atoms with Crippen LogP contribution in [0.4, 0.5) is 5.69 Å². The Morgan fingerprint density at radius 3 is 2.89 bits per heavy atom. The molecule has 7 heteroatoms. The van der Waals surface area contributed by atoms with Gasteiger partial charge in [-0.2, -0.15) is 0 Å². The fraction of sp³-hybridized carbons (Fsp3) is 0.182. The zero-order valence-electron chi connectivity index (χ0n) is 9.40. The topological polar surface area (TPSA) is 85.2 Å². The van der Waals surface area contributed by atoms with Gasteiger partial charge in [0.1, 0.15) is 5.69 Å². The predicted octanol–water partition coefficient (Wildman–Crippen LogP) is 2.91. The van der Waals surface area contributed by atoms with E-state index in [1.807, 2.05) is 0 Å². The van der Waals surface area contributed by atoms with E-state index in [1.54, 1.807) is 6.92 Å². The summed E-state index contributed by atoms with van der Waals surface area (Å²) in [4.78, 5) is 24.6. The molecule has 6 nitrogen and oxygen atoms in total. The highest BCUT2D eigenvalue weighted by Crippen LogP contribution is 2.31. The van der Waals surface area contributed by atoms with Crippen LogP contribution >= 0.6 is 11.6 Å². The molecule has 1 N–H and O–H groups in total. The zero-order chi connectivity index (χ0) is 13.3. The summed E-state index contributed by atoms with van der Waals surface area (Å²) in [5.74, 6) is -0.570. The number of non-ortho nitro benzene ring substituents is 1. The Balaban J connectivity index is 2.62. The second kappa shape index (κ2) is 4.66. The number of aromatic amines is 1. The first-order chi connectivity index (χ1) is 8.54. The summed E-state index contributed by atoms with van der Waals surface area (Å²) in [5.41, 5.74) is 0.387. The normalized spacial score (nSPS) is 10.6. The summed E-state index contributed by atoms with van der Waals surface area (Å²) in [6, 6.07) is 4.08. The number of ether oxygens (including phenoxy) is 1. The first-order valence-electron chi connectivity index (χ1n) is 5.17. The molecular weight excluding hydrogens is 260 g/mol. The van der Waals surface area contributed by atoms with Crippen molar-refractivity contribution in [2.75, 3.05) is 6.61 Å². The molecule has 0 saturated carbocycles. The lowest BCUT2D eigenvalue weighted by Gasteiger charge is -1.97. The van der Waals surface area contributed by atoms with Gasteiger partial charge in [-0.05, 0) is 19.1 Å². The van der Waals surface area contributed by atoms with Gasteiger partial charge in [0.2, 0.25) is 0 Å². The molecule has 94 valence electrons. The molecule has 0 radical (unpaired) electrons. The van der Waals surface area contributed by atoms with E-state index in [1.165, 1.54) is 18.2 Å². The van der Waals surface area contributed by atoms with E-state index in [4.69, 9.17) is 16.3 Å². The largest absolute Gasteiger partial charge is 0.461 e. The lowest BCUT2D eigenvalue weighted by atomic mass is 10.2. The number of esters is 1. The fourth-order valence-electron chi connectivity index (χ4n) is 1.65. The van der Waals surface area contributed by atoms with Crippen molar-refractivity contribution in [3.63, 3.8) is 0 Å². The summed E-state index contributed by atoms with van der Waals surface area (Å²) in [6.07, 6.45) is 0. The van der Waals surface area contributed by atoms with E-state index in [9.17, 15) is 14.9 Å². The molecule has 0 aliphatic heterocycles. The smallest absolute Gasteiger partial charge is 0.354 e. The van der Waals surface area contributed by atoms with Gasteiger partial charge in [0.05, 0.1) is 27.5 Å². The minimum atomic E-state index is -0.570. The minimum absolute atomic E-state index is 0.110. The van der Waals surface area contributed by atoms with Crippen LogP contribution in [-0.2, 0) is 4.74 Å². The standard InChI is InChI=1S/C11H9ClN2O4/c1-2-18-11(15)8-5-6-9(14(16)17)4-3-7(12)10(6)13-8/h3-5,13H,2H2,1H3. The highest BCUT2D eigenvalue weighted by molar-refractivity contribution is 6.35. The van der Waals surface area contributed by atoms with Gasteiger partial charge in [0, 0.05) is 6.07 Å². The van der Waals surface area contributed by atoms with Gasteiger partial charge in [-0.3, -0.25) is 10.1 Å². The van der Waals surface area contributed by atoms with Gasteiger partial charge >= 0.3 is 5.97 Å². The Kier molecular flexibility index (Phi) is 3.20. The van der Waals surface area contributed by atoms with Crippen LogP contribution in [0.25, 0.3) is 10.9 Å². The summed E-state index contributed by atoms with van der Waals surface area (Å²) >= 11 is 5.92. The van der Waals surface area contributed by atoms with Crippen LogP contribution in [0.15, 0.2) is 18.2 Å².